The molecule has 0 saturated heterocycles. The van der Waals surface area contributed by atoms with Gasteiger partial charge in [0.05, 0.1) is 5.69 Å². The molecular formula is C14H23NS. The summed E-state index contributed by atoms with van der Waals surface area (Å²) in [5, 5.41) is 0. The van der Waals surface area contributed by atoms with E-state index in [-0.39, 0.29) is 0 Å². The van der Waals surface area contributed by atoms with Crippen molar-refractivity contribution in [2.75, 3.05) is 5.75 Å². The zero-order valence-electron chi connectivity index (χ0n) is 11.1. The first-order valence-corrected chi connectivity index (χ1v) is 7.04. The van der Waals surface area contributed by atoms with Crippen molar-refractivity contribution in [3.05, 3.63) is 35.7 Å². The van der Waals surface area contributed by atoms with Crippen LogP contribution in [0.4, 0.5) is 0 Å². The van der Waals surface area contributed by atoms with Gasteiger partial charge in [-0.15, -0.1) is 11.8 Å². The topological polar surface area (TPSA) is 12.9 Å². The molecular weight excluding hydrogens is 214 g/mol. The third kappa shape index (κ3) is 4.84. The second-order valence-corrected chi connectivity index (χ2v) is 4.30. The monoisotopic (exact) mass is 237 g/mol. The Labute approximate surface area is 104 Å². The van der Waals surface area contributed by atoms with Crippen molar-refractivity contribution in [3.8, 4) is 0 Å². The Morgan fingerprint density at radius 1 is 1.31 bits per heavy atom. The van der Waals surface area contributed by atoms with Gasteiger partial charge in [-0.1, -0.05) is 39.8 Å². The van der Waals surface area contributed by atoms with Crippen LogP contribution in [0, 0.1) is 0 Å². The van der Waals surface area contributed by atoms with E-state index in [1.165, 1.54) is 10.5 Å². The summed E-state index contributed by atoms with van der Waals surface area (Å²) in [6.45, 7) is 10.4. The Bertz CT molecular complexity index is 301. The summed E-state index contributed by atoms with van der Waals surface area (Å²) in [6, 6.07) is 4.26. The molecule has 1 heterocycles. The lowest BCUT2D eigenvalue weighted by Gasteiger charge is -2.04. The molecule has 0 amide bonds. The van der Waals surface area contributed by atoms with Gasteiger partial charge in [-0.05, 0) is 30.7 Å². The lowest BCUT2D eigenvalue weighted by atomic mass is 10.2. The number of hydrogen-bond donors (Lipinski definition) is 0. The first-order valence-electron chi connectivity index (χ1n) is 6.06. The minimum absolute atomic E-state index is 1.05. The van der Waals surface area contributed by atoms with Crippen LogP contribution < -0.4 is 0 Å². The van der Waals surface area contributed by atoms with Crippen LogP contribution in [0.5, 0.6) is 0 Å². The van der Waals surface area contributed by atoms with Gasteiger partial charge in [-0.25, -0.2) is 0 Å². The second-order valence-electron chi connectivity index (χ2n) is 2.99. The van der Waals surface area contributed by atoms with E-state index < -0.39 is 0 Å². The molecule has 0 atom stereocenters. The van der Waals surface area contributed by atoms with Crippen molar-refractivity contribution in [2.24, 2.45) is 0 Å². The summed E-state index contributed by atoms with van der Waals surface area (Å²) in [7, 11) is 0. The maximum absolute atomic E-state index is 4.45. The van der Waals surface area contributed by atoms with E-state index in [1.807, 2.05) is 31.8 Å². The molecule has 16 heavy (non-hydrogen) atoms. The highest BCUT2D eigenvalue weighted by atomic mass is 32.2. The largest absolute Gasteiger partial charge is 0.255 e. The molecule has 1 nitrogen and oxygen atoms in total. The fourth-order valence-corrected chi connectivity index (χ4v) is 1.99. The first-order chi connectivity index (χ1) is 7.81. The number of allylic oxidation sites excluding steroid dienone is 1. The summed E-state index contributed by atoms with van der Waals surface area (Å²) in [5.41, 5.74) is 2.39. The van der Waals surface area contributed by atoms with Gasteiger partial charge in [-0.2, -0.15) is 0 Å². The van der Waals surface area contributed by atoms with Gasteiger partial charge in [0.15, 0.2) is 0 Å². The number of nitrogens with zero attached hydrogens (tertiary/aromatic N) is 1. The summed E-state index contributed by atoms with van der Waals surface area (Å²) >= 11 is 1.84. The fraction of sp³-hybridized carbons (Fsp3) is 0.500. The summed E-state index contributed by atoms with van der Waals surface area (Å²) < 4.78 is 0. The predicted molar refractivity (Wildman–Crippen MR) is 76.7 cm³/mol. The number of aromatic nitrogens is 1. The standard InChI is InChI=1S/C12H17NS.C2H6/c1-4-10-7-8-11(13-9-10)12(5-2)14-6-3;1-2/h5,7-9H,4,6H2,1-3H3;1-2H3/b12-5-;. The Morgan fingerprint density at radius 2 is 2.00 bits per heavy atom. The quantitative estimate of drug-likeness (QED) is 0.747. The van der Waals surface area contributed by atoms with Gasteiger partial charge in [0.25, 0.3) is 0 Å². The number of rotatable bonds is 4. The van der Waals surface area contributed by atoms with E-state index in [2.05, 4.69) is 44.0 Å². The van der Waals surface area contributed by atoms with Crippen molar-refractivity contribution in [1.29, 1.82) is 0 Å². The molecule has 0 fully saturated rings. The zero-order chi connectivity index (χ0) is 12.4. The van der Waals surface area contributed by atoms with E-state index in [1.54, 1.807) is 0 Å². The van der Waals surface area contributed by atoms with Crippen molar-refractivity contribution < 1.29 is 0 Å². The maximum atomic E-state index is 4.45. The van der Waals surface area contributed by atoms with Crippen molar-refractivity contribution in [3.63, 3.8) is 0 Å². The SMILES string of the molecule is C/C=C(\SCC)c1ccc(CC)cn1.CC. The Morgan fingerprint density at radius 3 is 2.38 bits per heavy atom. The Kier molecular flexibility index (Phi) is 9.02. The van der Waals surface area contributed by atoms with Gasteiger partial charge in [0, 0.05) is 11.1 Å². The van der Waals surface area contributed by atoms with Gasteiger partial charge in [0.2, 0.25) is 0 Å². The molecule has 0 unspecified atom stereocenters. The maximum Gasteiger partial charge on any atom is 0.0762 e. The highest BCUT2D eigenvalue weighted by Crippen LogP contribution is 2.25. The third-order valence-corrected chi connectivity index (χ3v) is 3.09. The molecule has 0 aromatic carbocycles. The van der Waals surface area contributed by atoms with Crippen LogP contribution in [0.15, 0.2) is 24.4 Å². The third-order valence-electron chi connectivity index (χ3n) is 2.05. The second kappa shape index (κ2) is 9.46. The van der Waals surface area contributed by atoms with Crippen LogP contribution in [-0.2, 0) is 6.42 Å². The van der Waals surface area contributed by atoms with Gasteiger partial charge < -0.3 is 0 Å². The van der Waals surface area contributed by atoms with E-state index in [9.17, 15) is 0 Å². The number of pyridine rings is 1. The molecule has 1 aromatic rings. The van der Waals surface area contributed by atoms with Crippen LogP contribution >= 0.6 is 11.8 Å². The van der Waals surface area contributed by atoms with Crippen LogP contribution in [0.25, 0.3) is 4.91 Å². The first kappa shape index (κ1) is 15.2. The van der Waals surface area contributed by atoms with Crippen LogP contribution in [-0.4, -0.2) is 10.7 Å². The van der Waals surface area contributed by atoms with Crippen LogP contribution in [0.2, 0.25) is 0 Å². The molecule has 0 saturated carbocycles. The van der Waals surface area contributed by atoms with E-state index in [4.69, 9.17) is 0 Å². The minimum Gasteiger partial charge on any atom is -0.255 e. The molecule has 0 aliphatic carbocycles. The number of hydrogen-bond acceptors (Lipinski definition) is 2. The minimum atomic E-state index is 1.05. The van der Waals surface area contributed by atoms with Gasteiger partial charge >= 0.3 is 0 Å². The molecule has 0 aliphatic rings. The van der Waals surface area contributed by atoms with Gasteiger partial charge in [-0.3, -0.25) is 4.98 Å². The molecule has 1 aromatic heterocycles. The van der Waals surface area contributed by atoms with Crippen LogP contribution in [0.3, 0.4) is 0 Å². The number of aryl methyl sites for hydroxylation is 1. The van der Waals surface area contributed by atoms with Crippen molar-refractivity contribution in [1.82, 2.24) is 4.98 Å². The van der Waals surface area contributed by atoms with Gasteiger partial charge in [0.1, 0.15) is 0 Å². The zero-order valence-corrected chi connectivity index (χ0v) is 11.9. The Hall–Kier alpha value is -0.760. The molecule has 0 N–H and O–H groups in total. The van der Waals surface area contributed by atoms with E-state index in [0.29, 0.717) is 0 Å². The van der Waals surface area contributed by atoms with E-state index >= 15 is 0 Å². The average molecular weight is 237 g/mol. The highest BCUT2D eigenvalue weighted by molar-refractivity contribution is 8.08. The molecule has 90 valence electrons. The average Bonchev–Trinajstić information content (AvgIpc) is 2.38. The van der Waals surface area contributed by atoms with Crippen molar-refractivity contribution in [2.45, 2.75) is 41.0 Å². The van der Waals surface area contributed by atoms with E-state index in [0.717, 1.165) is 17.9 Å². The van der Waals surface area contributed by atoms with Crippen molar-refractivity contribution >= 4 is 16.7 Å². The predicted octanol–water partition coefficient (Wildman–Crippen LogP) is 4.78. The molecule has 0 radical (unpaired) electrons. The number of thioether (sulfide) groups is 1. The smallest absolute Gasteiger partial charge is 0.0762 e. The lowest BCUT2D eigenvalue weighted by molar-refractivity contribution is 1.10. The summed E-state index contributed by atoms with van der Waals surface area (Å²) in [5.74, 6) is 1.09. The molecule has 0 bridgehead atoms. The lowest BCUT2D eigenvalue weighted by Crippen LogP contribution is -1.89. The molecule has 2 heteroatoms. The Balaban J connectivity index is 0.00000106. The molecule has 1 rings (SSSR count). The normalized spacial score (nSPS) is 10.7. The highest BCUT2D eigenvalue weighted by Gasteiger charge is 2.01. The fourth-order valence-electron chi connectivity index (χ4n) is 1.24. The molecule has 0 spiro atoms. The summed E-state index contributed by atoms with van der Waals surface area (Å²) in [6.07, 6.45) is 5.15. The molecule has 0 aliphatic heterocycles. The summed E-state index contributed by atoms with van der Waals surface area (Å²) in [4.78, 5) is 5.72. The van der Waals surface area contributed by atoms with Crippen LogP contribution in [0.1, 0.15) is 45.9 Å².